The topological polar surface area (TPSA) is 77.3 Å². The highest BCUT2D eigenvalue weighted by molar-refractivity contribution is 5.95. The molecule has 2 heterocycles. The van der Waals surface area contributed by atoms with Gasteiger partial charge in [-0.05, 0) is 37.3 Å². The lowest BCUT2D eigenvalue weighted by atomic mass is 9.91. The molecule has 3 rings (SSSR count). The van der Waals surface area contributed by atoms with Gasteiger partial charge in [0.1, 0.15) is 6.04 Å². The Labute approximate surface area is 148 Å². The van der Waals surface area contributed by atoms with E-state index in [4.69, 9.17) is 9.26 Å². The van der Waals surface area contributed by atoms with Crippen molar-refractivity contribution in [3.05, 3.63) is 47.1 Å². The Kier molecular flexibility index (Phi) is 5.48. The minimum atomic E-state index is -0.295. The van der Waals surface area contributed by atoms with Crippen molar-refractivity contribution in [2.24, 2.45) is 5.92 Å². The van der Waals surface area contributed by atoms with Crippen molar-refractivity contribution >= 4 is 5.91 Å². The van der Waals surface area contributed by atoms with Crippen LogP contribution >= 0.6 is 0 Å². The van der Waals surface area contributed by atoms with Gasteiger partial charge in [-0.1, -0.05) is 37.2 Å². The van der Waals surface area contributed by atoms with Gasteiger partial charge < -0.3 is 14.6 Å². The molecule has 0 unspecified atom stereocenters. The van der Waals surface area contributed by atoms with Crippen molar-refractivity contribution in [2.75, 3.05) is 13.2 Å². The fourth-order valence-electron chi connectivity index (χ4n) is 3.09. The molecule has 1 aliphatic heterocycles. The van der Waals surface area contributed by atoms with Gasteiger partial charge in [0.05, 0.1) is 0 Å². The molecule has 1 N–H and O–H groups in total. The molecule has 1 amide bonds. The molecule has 25 heavy (non-hydrogen) atoms. The molecule has 0 radical (unpaired) electrons. The number of aromatic nitrogens is 2. The summed E-state index contributed by atoms with van der Waals surface area (Å²) in [4.78, 5) is 17.3. The molecule has 1 aliphatic rings. The van der Waals surface area contributed by atoms with Crippen molar-refractivity contribution < 1.29 is 14.1 Å². The summed E-state index contributed by atoms with van der Waals surface area (Å²) in [6.07, 6.45) is 1.72. The highest BCUT2D eigenvalue weighted by Gasteiger charge is 2.32. The standard InChI is InChI=1S/C19H25N3O3/c1-12(2)17-21-19(25-22-17)16(14-8-10-24-11-9-14)20-18(23)15-7-5-4-6-13(15)3/h4-7,12,14,16H,8-11H2,1-3H3,(H,20,23)/t16-/m0/s1. The maximum Gasteiger partial charge on any atom is 0.252 e. The fraction of sp³-hybridized carbons (Fsp3) is 0.526. The number of hydrogen-bond acceptors (Lipinski definition) is 5. The van der Waals surface area contributed by atoms with E-state index in [1.165, 1.54) is 0 Å². The third-order valence-corrected chi connectivity index (χ3v) is 4.65. The molecule has 0 spiro atoms. The van der Waals surface area contributed by atoms with Crippen LogP contribution in [-0.4, -0.2) is 29.3 Å². The monoisotopic (exact) mass is 343 g/mol. The quantitative estimate of drug-likeness (QED) is 0.900. The summed E-state index contributed by atoms with van der Waals surface area (Å²) in [5.41, 5.74) is 1.61. The SMILES string of the molecule is Cc1ccccc1C(=O)N[C@H](c1nc(C(C)C)no1)C1CCOCC1. The molecule has 6 nitrogen and oxygen atoms in total. The van der Waals surface area contributed by atoms with Crippen LogP contribution in [0.5, 0.6) is 0 Å². The van der Waals surface area contributed by atoms with E-state index in [0.717, 1.165) is 18.4 Å². The summed E-state index contributed by atoms with van der Waals surface area (Å²) in [7, 11) is 0. The van der Waals surface area contributed by atoms with Crippen LogP contribution in [0, 0.1) is 12.8 Å². The molecule has 1 fully saturated rings. The Morgan fingerprint density at radius 3 is 2.60 bits per heavy atom. The number of hydrogen-bond donors (Lipinski definition) is 1. The van der Waals surface area contributed by atoms with Crippen LogP contribution in [0.15, 0.2) is 28.8 Å². The number of rotatable bonds is 5. The Bertz CT molecular complexity index is 720. The Morgan fingerprint density at radius 1 is 1.24 bits per heavy atom. The van der Waals surface area contributed by atoms with Crippen LogP contribution in [0.4, 0.5) is 0 Å². The van der Waals surface area contributed by atoms with Gasteiger partial charge in [0.25, 0.3) is 5.91 Å². The van der Waals surface area contributed by atoms with E-state index in [9.17, 15) is 4.79 Å². The molecular formula is C19H25N3O3. The van der Waals surface area contributed by atoms with Gasteiger partial charge in [0.15, 0.2) is 5.82 Å². The van der Waals surface area contributed by atoms with Crippen molar-refractivity contribution in [1.82, 2.24) is 15.5 Å². The molecule has 2 aromatic rings. The minimum Gasteiger partial charge on any atom is -0.381 e. The lowest BCUT2D eigenvalue weighted by molar-refractivity contribution is 0.0467. The number of amides is 1. The van der Waals surface area contributed by atoms with E-state index >= 15 is 0 Å². The number of nitrogens with zero attached hydrogens (tertiary/aromatic N) is 2. The second-order valence-electron chi connectivity index (χ2n) is 6.86. The van der Waals surface area contributed by atoms with Gasteiger partial charge in [-0.15, -0.1) is 0 Å². The summed E-state index contributed by atoms with van der Waals surface area (Å²) in [6, 6.07) is 7.27. The molecule has 1 saturated heterocycles. The van der Waals surface area contributed by atoms with Crippen molar-refractivity contribution in [3.8, 4) is 0 Å². The predicted molar refractivity (Wildman–Crippen MR) is 93.3 cm³/mol. The average Bonchev–Trinajstić information content (AvgIpc) is 3.11. The third kappa shape index (κ3) is 4.07. The summed E-state index contributed by atoms with van der Waals surface area (Å²) in [5.74, 6) is 1.44. The number of nitrogens with one attached hydrogen (secondary N) is 1. The van der Waals surface area contributed by atoms with E-state index < -0.39 is 0 Å². The first-order valence-corrected chi connectivity index (χ1v) is 8.84. The summed E-state index contributed by atoms with van der Waals surface area (Å²) < 4.78 is 11.0. The molecule has 134 valence electrons. The van der Waals surface area contributed by atoms with Crippen molar-refractivity contribution in [2.45, 2.75) is 45.6 Å². The van der Waals surface area contributed by atoms with E-state index in [-0.39, 0.29) is 23.8 Å². The number of ether oxygens (including phenoxy) is 1. The summed E-state index contributed by atoms with van der Waals surface area (Å²) in [5, 5.41) is 7.18. The number of carbonyl (C=O) groups excluding carboxylic acids is 1. The molecule has 1 aromatic carbocycles. The van der Waals surface area contributed by atoms with Gasteiger partial charge in [0.2, 0.25) is 5.89 Å². The summed E-state index contributed by atoms with van der Waals surface area (Å²) >= 11 is 0. The van der Waals surface area contributed by atoms with Crippen LogP contribution < -0.4 is 5.32 Å². The molecule has 0 saturated carbocycles. The van der Waals surface area contributed by atoms with Crippen LogP contribution in [0.3, 0.4) is 0 Å². The molecule has 6 heteroatoms. The van der Waals surface area contributed by atoms with E-state index in [1.807, 2.05) is 45.0 Å². The highest BCUT2D eigenvalue weighted by Crippen LogP contribution is 2.30. The predicted octanol–water partition coefficient (Wildman–Crippen LogP) is 3.40. The zero-order valence-corrected chi connectivity index (χ0v) is 15.0. The second-order valence-corrected chi connectivity index (χ2v) is 6.86. The molecule has 0 bridgehead atoms. The van der Waals surface area contributed by atoms with E-state index in [0.29, 0.717) is 30.5 Å². The van der Waals surface area contributed by atoms with Crippen molar-refractivity contribution in [1.29, 1.82) is 0 Å². The average molecular weight is 343 g/mol. The Balaban J connectivity index is 1.85. The lowest BCUT2D eigenvalue weighted by Gasteiger charge is -2.28. The minimum absolute atomic E-state index is 0.112. The Hall–Kier alpha value is -2.21. The zero-order chi connectivity index (χ0) is 17.8. The van der Waals surface area contributed by atoms with Crippen LogP contribution in [0.2, 0.25) is 0 Å². The van der Waals surface area contributed by atoms with E-state index in [1.54, 1.807) is 0 Å². The lowest BCUT2D eigenvalue weighted by Crippen LogP contribution is -2.36. The first-order valence-electron chi connectivity index (χ1n) is 8.84. The number of aryl methyl sites for hydroxylation is 1. The van der Waals surface area contributed by atoms with Crippen molar-refractivity contribution in [3.63, 3.8) is 0 Å². The van der Waals surface area contributed by atoms with Gasteiger partial charge in [0, 0.05) is 24.7 Å². The summed E-state index contributed by atoms with van der Waals surface area (Å²) in [6.45, 7) is 7.34. The first-order chi connectivity index (χ1) is 12.1. The Morgan fingerprint density at radius 2 is 1.96 bits per heavy atom. The molecule has 1 aromatic heterocycles. The first kappa shape index (κ1) is 17.6. The second kappa shape index (κ2) is 7.78. The smallest absolute Gasteiger partial charge is 0.252 e. The van der Waals surface area contributed by atoms with Crippen LogP contribution in [0.1, 0.15) is 66.3 Å². The molecule has 1 atom stereocenters. The maximum absolute atomic E-state index is 12.8. The van der Waals surface area contributed by atoms with Gasteiger partial charge >= 0.3 is 0 Å². The molecule has 0 aliphatic carbocycles. The number of benzene rings is 1. The van der Waals surface area contributed by atoms with E-state index in [2.05, 4.69) is 15.5 Å². The number of carbonyl (C=O) groups is 1. The van der Waals surface area contributed by atoms with Crippen LogP contribution in [-0.2, 0) is 4.74 Å². The third-order valence-electron chi connectivity index (χ3n) is 4.65. The van der Waals surface area contributed by atoms with Gasteiger partial charge in [-0.2, -0.15) is 4.98 Å². The highest BCUT2D eigenvalue weighted by atomic mass is 16.5. The fourth-order valence-corrected chi connectivity index (χ4v) is 3.09. The zero-order valence-electron chi connectivity index (χ0n) is 15.0. The molecular weight excluding hydrogens is 318 g/mol. The van der Waals surface area contributed by atoms with Gasteiger partial charge in [-0.25, -0.2) is 0 Å². The van der Waals surface area contributed by atoms with Gasteiger partial charge in [-0.3, -0.25) is 4.79 Å². The largest absolute Gasteiger partial charge is 0.381 e. The maximum atomic E-state index is 12.8. The van der Waals surface area contributed by atoms with Crippen LogP contribution in [0.25, 0.3) is 0 Å². The normalized spacial score (nSPS) is 16.8.